The van der Waals surface area contributed by atoms with E-state index in [1.807, 2.05) is 6.08 Å². The normalized spacial score (nSPS) is 25.8. The largest absolute Gasteiger partial charge is 0.459 e. The van der Waals surface area contributed by atoms with Crippen molar-refractivity contribution in [2.24, 2.45) is 0 Å². The molecule has 0 amide bonds. The summed E-state index contributed by atoms with van der Waals surface area (Å²) in [4.78, 5) is 27.0. The molecular weight excluding hydrogens is 378 g/mol. The molecule has 164 valence electrons. The molecule has 2 heterocycles. The lowest BCUT2D eigenvalue weighted by atomic mass is 9.81. The van der Waals surface area contributed by atoms with Gasteiger partial charge in [-0.2, -0.15) is 0 Å². The van der Waals surface area contributed by atoms with Gasteiger partial charge >= 0.3 is 11.9 Å². The molecule has 8 nitrogen and oxygen atoms in total. The molecule has 0 aliphatic carbocycles. The minimum atomic E-state index is -2.23. The Hall–Kier alpha value is -1.74. The van der Waals surface area contributed by atoms with Gasteiger partial charge in [0.1, 0.15) is 18.3 Å². The number of carbonyl (C=O) groups excluding carboxylic acids is 2. The van der Waals surface area contributed by atoms with E-state index in [-0.39, 0.29) is 24.7 Å². The van der Waals surface area contributed by atoms with Crippen LogP contribution in [0.4, 0.5) is 0 Å². The van der Waals surface area contributed by atoms with E-state index < -0.39 is 23.3 Å². The highest BCUT2D eigenvalue weighted by atomic mass is 16.6. The van der Waals surface area contributed by atoms with Gasteiger partial charge in [-0.1, -0.05) is 12.2 Å². The number of rotatable bonds is 8. The Morgan fingerprint density at radius 1 is 1.38 bits per heavy atom. The molecule has 0 spiro atoms. The first-order chi connectivity index (χ1) is 13.5. The minimum absolute atomic E-state index is 0.0640. The molecule has 0 radical (unpaired) electrons. The number of methoxy groups -OCH3 is 1. The van der Waals surface area contributed by atoms with Gasteiger partial charge in [0.05, 0.1) is 12.1 Å². The van der Waals surface area contributed by atoms with Crippen molar-refractivity contribution in [2.75, 3.05) is 26.8 Å². The molecule has 1 fully saturated rings. The van der Waals surface area contributed by atoms with E-state index in [1.165, 1.54) is 27.9 Å². The summed E-state index contributed by atoms with van der Waals surface area (Å²) in [5, 5.41) is 21.2. The fraction of sp³-hybridized carbons (Fsp3) is 0.714. The second-order valence-corrected chi connectivity index (χ2v) is 8.20. The average Bonchev–Trinajstić information content (AvgIpc) is 3.26. The summed E-state index contributed by atoms with van der Waals surface area (Å²) in [6.07, 6.45) is 3.05. The third kappa shape index (κ3) is 4.55. The summed E-state index contributed by atoms with van der Waals surface area (Å²) in [7, 11) is 1.34. The Labute approximate surface area is 172 Å². The van der Waals surface area contributed by atoms with Gasteiger partial charge in [0, 0.05) is 25.8 Å². The lowest BCUT2D eigenvalue weighted by Gasteiger charge is -2.40. The summed E-state index contributed by atoms with van der Waals surface area (Å²) in [6, 6.07) is -0.161. The molecule has 0 aromatic rings. The topological polar surface area (TPSA) is 106 Å². The van der Waals surface area contributed by atoms with E-state index in [4.69, 9.17) is 14.2 Å². The van der Waals surface area contributed by atoms with E-state index in [2.05, 4.69) is 4.90 Å². The molecule has 0 aromatic heterocycles. The maximum atomic E-state index is 12.7. The van der Waals surface area contributed by atoms with Crippen molar-refractivity contribution in [3.8, 4) is 0 Å². The lowest BCUT2D eigenvalue weighted by molar-refractivity contribution is -0.216. The van der Waals surface area contributed by atoms with E-state index in [9.17, 15) is 19.8 Å². The lowest BCUT2D eigenvalue weighted by Crippen LogP contribution is -2.63. The zero-order valence-corrected chi connectivity index (χ0v) is 18.1. The van der Waals surface area contributed by atoms with Crippen molar-refractivity contribution in [1.29, 1.82) is 0 Å². The number of nitrogens with zero attached hydrogens (tertiary/aromatic N) is 1. The van der Waals surface area contributed by atoms with E-state index in [1.54, 1.807) is 19.9 Å². The number of carbonyl (C=O) groups is 2. The van der Waals surface area contributed by atoms with Gasteiger partial charge < -0.3 is 24.4 Å². The van der Waals surface area contributed by atoms with Crippen LogP contribution in [0, 0.1) is 0 Å². The van der Waals surface area contributed by atoms with Crippen molar-refractivity contribution in [3.05, 3.63) is 23.3 Å². The van der Waals surface area contributed by atoms with Crippen LogP contribution in [0.5, 0.6) is 0 Å². The third-order valence-corrected chi connectivity index (χ3v) is 5.98. The van der Waals surface area contributed by atoms with Gasteiger partial charge in [-0.3, -0.25) is 4.90 Å². The first kappa shape index (κ1) is 23.5. The Morgan fingerprint density at radius 2 is 2.03 bits per heavy atom. The van der Waals surface area contributed by atoms with Gasteiger partial charge in [0.2, 0.25) is 5.60 Å². The first-order valence-corrected chi connectivity index (χ1v) is 9.89. The van der Waals surface area contributed by atoms with Crippen molar-refractivity contribution in [3.63, 3.8) is 0 Å². The fourth-order valence-corrected chi connectivity index (χ4v) is 3.82. The van der Waals surface area contributed by atoms with Crippen molar-refractivity contribution in [1.82, 2.24) is 4.90 Å². The van der Waals surface area contributed by atoms with E-state index in [0.717, 1.165) is 12.1 Å². The average molecular weight is 411 g/mol. The van der Waals surface area contributed by atoms with Crippen LogP contribution in [-0.4, -0.2) is 83.3 Å². The van der Waals surface area contributed by atoms with Gasteiger partial charge in [-0.05, 0) is 46.6 Å². The summed E-state index contributed by atoms with van der Waals surface area (Å²) in [6.45, 7) is 9.03. The van der Waals surface area contributed by atoms with Crippen LogP contribution in [0.25, 0.3) is 0 Å². The zero-order chi connectivity index (χ0) is 22.0. The minimum Gasteiger partial charge on any atom is -0.459 e. The summed E-state index contributed by atoms with van der Waals surface area (Å²) in [5.41, 5.74) is -2.65. The Bertz CT molecular complexity index is 694. The van der Waals surface area contributed by atoms with Gasteiger partial charge in [0.25, 0.3) is 0 Å². The number of ether oxygens (including phenoxy) is 3. The fourth-order valence-electron chi connectivity index (χ4n) is 3.82. The van der Waals surface area contributed by atoms with Crippen LogP contribution >= 0.6 is 0 Å². The molecule has 4 atom stereocenters. The first-order valence-electron chi connectivity index (χ1n) is 9.89. The number of allylic oxidation sites excluding steroid dienone is 1. The van der Waals surface area contributed by atoms with E-state index in [0.29, 0.717) is 18.5 Å². The van der Waals surface area contributed by atoms with Gasteiger partial charge in [-0.25, -0.2) is 9.59 Å². The highest BCUT2D eigenvalue weighted by molar-refractivity contribution is 5.87. The Balaban J connectivity index is 2.08. The molecule has 2 rings (SSSR count). The highest BCUT2D eigenvalue weighted by Crippen LogP contribution is 2.33. The molecule has 0 saturated carbocycles. The molecule has 29 heavy (non-hydrogen) atoms. The number of hydrogen-bond acceptors (Lipinski definition) is 8. The molecule has 2 aliphatic rings. The van der Waals surface area contributed by atoms with Gasteiger partial charge in [0.15, 0.2) is 0 Å². The van der Waals surface area contributed by atoms with E-state index >= 15 is 0 Å². The summed E-state index contributed by atoms with van der Waals surface area (Å²) < 4.78 is 16.1. The van der Waals surface area contributed by atoms with Crippen LogP contribution < -0.4 is 0 Å². The molecule has 2 N–H and O–H groups in total. The number of hydrogen-bond donors (Lipinski definition) is 2. The van der Waals surface area contributed by atoms with Crippen LogP contribution in [0.1, 0.15) is 41.0 Å². The number of esters is 2. The summed E-state index contributed by atoms with van der Waals surface area (Å²) in [5.74, 6) is -1.32. The van der Waals surface area contributed by atoms with Crippen molar-refractivity contribution >= 4 is 11.9 Å². The van der Waals surface area contributed by atoms with Crippen LogP contribution in [0.15, 0.2) is 23.3 Å². The monoisotopic (exact) mass is 411 g/mol. The smallest absolute Gasteiger partial charge is 0.344 e. The quantitative estimate of drug-likeness (QED) is 0.346. The van der Waals surface area contributed by atoms with Crippen LogP contribution in [0.3, 0.4) is 0 Å². The van der Waals surface area contributed by atoms with Crippen molar-refractivity contribution < 1.29 is 34.0 Å². The van der Waals surface area contributed by atoms with Crippen molar-refractivity contribution in [2.45, 2.75) is 70.5 Å². The predicted octanol–water partition coefficient (Wildman–Crippen LogP) is 0.959. The molecular formula is C21H33NO7. The Kier molecular flexibility index (Phi) is 7.27. The SMILES string of the molecule is CC=C(C)C(=O)O[C@H]1CCN2CC=C(COC(=O)[C@@](O)([C@H](C)OC)C(C)(C)O)[C@H]12. The Morgan fingerprint density at radius 3 is 2.59 bits per heavy atom. The molecule has 0 aromatic carbocycles. The van der Waals surface area contributed by atoms with Crippen LogP contribution in [-0.2, 0) is 23.8 Å². The maximum absolute atomic E-state index is 12.7. The van der Waals surface area contributed by atoms with Crippen LogP contribution in [0.2, 0.25) is 0 Å². The standard InChI is InChI=1S/C21H33NO7/c1-7-13(2)18(23)29-16-9-11-22-10-8-15(17(16)22)12-28-19(24)21(26,14(3)27-6)20(4,5)25/h7-8,14,16-17,25-26H,9-12H2,1-6H3/t14-,16-,17+,21-/m0/s1. The second kappa shape index (κ2) is 8.95. The number of aliphatic hydroxyl groups is 2. The zero-order valence-electron chi connectivity index (χ0n) is 18.1. The molecule has 1 saturated heterocycles. The molecule has 8 heteroatoms. The second-order valence-electron chi connectivity index (χ2n) is 8.20. The molecule has 2 aliphatic heterocycles. The van der Waals surface area contributed by atoms with Gasteiger partial charge in [-0.15, -0.1) is 0 Å². The molecule has 0 unspecified atom stereocenters. The number of fused-ring (bicyclic) bond motifs is 1. The maximum Gasteiger partial charge on any atom is 0.344 e. The predicted molar refractivity (Wildman–Crippen MR) is 106 cm³/mol. The summed E-state index contributed by atoms with van der Waals surface area (Å²) >= 11 is 0. The highest BCUT2D eigenvalue weighted by Gasteiger charge is 2.55. The molecule has 0 bridgehead atoms. The third-order valence-electron chi connectivity index (χ3n) is 5.98.